The fourth-order valence-corrected chi connectivity index (χ4v) is 0.848. The molecule has 0 aliphatic rings. The second-order valence-electron chi connectivity index (χ2n) is 1.81. The standard InChI is InChI=1S/C6H12ClN/c1-4-6(5-7)8(2)3/h4H,5H2,1-3H3. The van der Waals surface area contributed by atoms with Crippen molar-refractivity contribution in [3.05, 3.63) is 11.8 Å². The average Bonchev–Trinajstić information content (AvgIpc) is 1.69. The quantitative estimate of drug-likeness (QED) is 0.519. The monoisotopic (exact) mass is 133 g/mol. The highest BCUT2D eigenvalue weighted by Gasteiger charge is 1.91. The lowest BCUT2D eigenvalue weighted by atomic mass is 10.4. The van der Waals surface area contributed by atoms with E-state index in [2.05, 4.69) is 0 Å². The summed E-state index contributed by atoms with van der Waals surface area (Å²) >= 11 is 5.55. The van der Waals surface area contributed by atoms with Crippen molar-refractivity contribution in [1.82, 2.24) is 4.90 Å². The van der Waals surface area contributed by atoms with Gasteiger partial charge in [0.2, 0.25) is 0 Å². The van der Waals surface area contributed by atoms with E-state index in [9.17, 15) is 0 Å². The number of halogens is 1. The lowest BCUT2D eigenvalue weighted by Gasteiger charge is -2.12. The Bertz CT molecular complexity index is 86.5. The maximum Gasteiger partial charge on any atom is 0.0620 e. The molecule has 0 fully saturated rings. The van der Waals surface area contributed by atoms with E-state index in [1.165, 1.54) is 0 Å². The highest BCUT2D eigenvalue weighted by Crippen LogP contribution is 1.98. The van der Waals surface area contributed by atoms with Crippen molar-refractivity contribution in [2.75, 3.05) is 20.0 Å². The lowest BCUT2D eigenvalue weighted by Crippen LogP contribution is -2.11. The first-order valence-electron chi connectivity index (χ1n) is 2.60. The van der Waals surface area contributed by atoms with Crippen LogP contribution in [-0.2, 0) is 0 Å². The Balaban J connectivity index is 3.72. The number of nitrogens with zero attached hydrogens (tertiary/aromatic N) is 1. The van der Waals surface area contributed by atoms with Crippen LogP contribution in [0.5, 0.6) is 0 Å². The van der Waals surface area contributed by atoms with Gasteiger partial charge in [-0.3, -0.25) is 0 Å². The maximum absolute atomic E-state index is 5.55. The minimum atomic E-state index is 0.601. The van der Waals surface area contributed by atoms with E-state index in [0.717, 1.165) is 5.70 Å². The van der Waals surface area contributed by atoms with E-state index in [-0.39, 0.29) is 0 Å². The van der Waals surface area contributed by atoms with Crippen molar-refractivity contribution in [3.8, 4) is 0 Å². The normalized spacial score (nSPS) is 11.8. The van der Waals surface area contributed by atoms with Crippen LogP contribution in [0.2, 0.25) is 0 Å². The van der Waals surface area contributed by atoms with E-state index < -0.39 is 0 Å². The highest BCUT2D eigenvalue weighted by atomic mass is 35.5. The van der Waals surface area contributed by atoms with Crippen LogP contribution in [0.1, 0.15) is 6.92 Å². The molecule has 2 heteroatoms. The van der Waals surface area contributed by atoms with Gasteiger partial charge in [0.15, 0.2) is 0 Å². The molecule has 0 aliphatic heterocycles. The molecule has 0 aromatic rings. The fourth-order valence-electron chi connectivity index (χ4n) is 0.455. The van der Waals surface area contributed by atoms with Crippen molar-refractivity contribution < 1.29 is 0 Å². The minimum Gasteiger partial charge on any atom is -0.380 e. The Morgan fingerprint density at radius 2 is 2.12 bits per heavy atom. The first-order valence-corrected chi connectivity index (χ1v) is 3.14. The van der Waals surface area contributed by atoms with Gasteiger partial charge in [-0.2, -0.15) is 0 Å². The van der Waals surface area contributed by atoms with Crippen molar-refractivity contribution >= 4 is 11.6 Å². The highest BCUT2D eigenvalue weighted by molar-refractivity contribution is 6.19. The molecule has 0 saturated heterocycles. The van der Waals surface area contributed by atoms with E-state index in [0.29, 0.717) is 5.88 Å². The molecule has 0 spiro atoms. The molecule has 0 amide bonds. The molecule has 0 radical (unpaired) electrons. The summed E-state index contributed by atoms with van der Waals surface area (Å²) in [5.41, 5.74) is 1.16. The Morgan fingerprint density at radius 3 is 2.12 bits per heavy atom. The van der Waals surface area contributed by atoms with Crippen LogP contribution < -0.4 is 0 Å². The zero-order valence-corrected chi connectivity index (χ0v) is 6.37. The van der Waals surface area contributed by atoms with Crippen molar-refractivity contribution in [3.63, 3.8) is 0 Å². The molecular weight excluding hydrogens is 122 g/mol. The molecule has 0 unspecified atom stereocenters. The number of hydrogen-bond donors (Lipinski definition) is 0. The van der Waals surface area contributed by atoms with Gasteiger partial charge in [0, 0.05) is 19.8 Å². The maximum atomic E-state index is 5.55. The summed E-state index contributed by atoms with van der Waals surface area (Å²) in [6.07, 6.45) is 2.01. The van der Waals surface area contributed by atoms with Gasteiger partial charge < -0.3 is 4.90 Å². The van der Waals surface area contributed by atoms with Gasteiger partial charge in [0.05, 0.1) is 5.88 Å². The smallest absolute Gasteiger partial charge is 0.0620 e. The van der Waals surface area contributed by atoms with Crippen LogP contribution in [0, 0.1) is 0 Å². The molecule has 1 nitrogen and oxygen atoms in total. The fraction of sp³-hybridized carbons (Fsp3) is 0.667. The van der Waals surface area contributed by atoms with Gasteiger partial charge >= 0.3 is 0 Å². The third-order valence-electron chi connectivity index (χ3n) is 1.04. The number of allylic oxidation sites excluding steroid dienone is 2. The summed E-state index contributed by atoms with van der Waals surface area (Å²) in [7, 11) is 3.97. The molecule has 0 aromatic carbocycles. The lowest BCUT2D eigenvalue weighted by molar-refractivity contribution is 0.514. The van der Waals surface area contributed by atoms with Crippen LogP contribution in [0.25, 0.3) is 0 Å². The Kier molecular flexibility index (Phi) is 3.71. The molecule has 0 aromatic heterocycles. The van der Waals surface area contributed by atoms with Crippen LogP contribution in [0.3, 0.4) is 0 Å². The first-order chi connectivity index (χ1) is 3.72. The van der Waals surface area contributed by atoms with Crippen LogP contribution in [-0.4, -0.2) is 24.9 Å². The summed E-state index contributed by atoms with van der Waals surface area (Å²) in [5.74, 6) is 0.601. The van der Waals surface area contributed by atoms with Gasteiger partial charge in [-0.05, 0) is 6.92 Å². The topological polar surface area (TPSA) is 3.24 Å². The molecule has 8 heavy (non-hydrogen) atoms. The molecule has 48 valence electrons. The molecule has 0 N–H and O–H groups in total. The summed E-state index contributed by atoms with van der Waals surface area (Å²) in [5, 5.41) is 0. The van der Waals surface area contributed by atoms with E-state index >= 15 is 0 Å². The van der Waals surface area contributed by atoms with Crippen LogP contribution in [0.15, 0.2) is 11.8 Å². The van der Waals surface area contributed by atoms with Gasteiger partial charge in [-0.1, -0.05) is 6.08 Å². The molecule has 0 saturated carbocycles. The number of hydrogen-bond acceptors (Lipinski definition) is 1. The van der Waals surface area contributed by atoms with Crippen molar-refractivity contribution in [2.45, 2.75) is 6.92 Å². The van der Waals surface area contributed by atoms with Gasteiger partial charge in [0.25, 0.3) is 0 Å². The summed E-state index contributed by atoms with van der Waals surface area (Å²) in [6, 6.07) is 0. The average molecular weight is 134 g/mol. The summed E-state index contributed by atoms with van der Waals surface area (Å²) in [4.78, 5) is 2.01. The van der Waals surface area contributed by atoms with Gasteiger partial charge in [0.1, 0.15) is 0 Å². The zero-order valence-electron chi connectivity index (χ0n) is 5.61. The number of rotatable bonds is 2. The van der Waals surface area contributed by atoms with Gasteiger partial charge in [-0.25, -0.2) is 0 Å². The summed E-state index contributed by atoms with van der Waals surface area (Å²) < 4.78 is 0. The Hall–Kier alpha value is -0.170. The Labute approximate surface area is 55.9 Å². The molecule has 0 aliphatic carbocycles. The second kappa shape index (κ2) is 3.79. The van der Waals surface area contributed by atoms with Gasteiger partial charge in [-0.15, -0.1) is 11.6 Å². The molecule has 0 bridgehead atoms. The molecule has 0 rings (SSSR count). The molecule has 0 atom stereocenters. The van der Waals surface area contributed by atoms with E-state index in [4.69, 9.17) is 11.6 Å². The summed E-state index contributed by atoms with van der Waals surface area (Å²) in [6.45, 7) is 1.98. The molecular formula is C6H12ClN. The van der Waals surface area contributed by atoms with Crippen molar-refractivity contribution in [2.24, 2.45) is 0 Å². The van der Waals surface area contributed by atoms with E-state index in [1.807, 2.05) is 32.0 Å². The predicted molar refractivity (Wildman–Crippen MR) is 38.2 cm³/mol. The van der Waals surface area contributed by atoms with Crippen LogP contribution >= 0.6 is 11.6 Å². The SMILES string of the molecule is CC=C(CCl)N(C)C. The predicted octanol–water partition coefficient (Wildman–Crippen LogP) is 1.69. The second-order valence-corrected chi connectivity index (χ2v) is 2.08. The molecule has 0 heterocycles. The Morgan fingerprint density at radius 1 is 1.62 bits per heavy atom. The minimum absolute atomic E-state index is 0.601. The largest absolute Gasteiger partial charge is 0.380 e. The third kappa shape index (κ3) is 2.22. The van der Waals surface area contributed by atoms with E-state index in [1.54, 1.807) is 0 Å². The zero-order chi connectivity index (χ0) is 6.57. The first kappa shape index (κ1) is 7.83. The van der Waals surface area contributed by atoms with Crippen molar-refractivity contribution in [1.29, 1.82) is 0 Å². The third-order valence-corrected chi connectivity index (χ3v) is 1.32. The van der Waals surface area contributed by atoms with Crippen LogP contribution in [0.4, 0.5) is 0 Å². The number of alkyl halides is 1.